The first-order chi connectivity index (χ1) is 9.73. The largest absolute Gasteiger partial charge is 0.496 e. The Labute approximate surface area is 126 Å². The van der Waals surface area contributed by atoms with E-state index in [1.165, 1.54) is 0 Å². The van der Waals surface area contributed by atoms with Gasteiger partial charge < -0.3 is 20.5 Å². The molecular weight excluding hydrogens is 268 g/mol. The van der Waals surface area contributed by atoms with Crippen molar-refractivity contribution in [2.24, 2.45) is 0 Å². The van der Waals surface area contributed by atoms with E-state index in [1.807, 2.05) is 45.9 Å². The van der Waals surface area contributed by atoms with Crippen LogP contribution in [0.25, 0.3) is 0 Å². The molecule has 0 aliphatic carbocycles. The first-order valence-corrected chi connectivity index (χ1v) is 7.07. The fourth-order valence-electron chi connectivity index (χ4n) is 2.01. The minimum atomic E-state index is -0.720. The highest BCUT2D eigenvalue weighted by Crippen LogP contribution is 2.25. The molecule has 1 aromatic rings. The van der Waals surface area contributed by atoms with Gasteiger partial charge in [0, 0.05) is 17.6 Å². The van der Waals surface area contributed by atoms with Crippen LogP contribution in [0.4, 0.5) is 0 Å². The standard InChI is InChI=1S/C16H26N2O3/c1-11-6-7-14(21-5)12(8-11)13(19)9-17-10-15(20)18-16(2,3)4/h6-8,13,17,19H,9-10H2,1-5H3,(H,18,20). The van der Waals surface area contributed by atoms with Crippen molar-refractivity contribution in [2.75, 3.05) is 20.2 Å². The number of amides is 1. The van der Waals surface area contributed by atoms with Gasteiger partial charge in [-0.1, -0.05) is 11.6 Å². The highest BCUT2D eigenvalue weighted by atomic mass is 16.5. The zero-order valence-electron chi connectivity index (χ0n) is 13.5. The van der Waals surface area contributed by atoms with Gasteiger partial charge in [-0.15, -0.1) is 0 Å². The highest BCUT2D eigenvalue weighted by Gasteiger charge is 2.16. The number of hydrogen-bond acceptors (Lipinski definition) is 4. The second kappa shape index (κ2) is 7.43. The number of aliphatic hydroxyl groups is 1. The first kappa shape index (κ1) is 17.5. The van der Waals surface area contributed by atoms with Gasteiger partial charge in [0.1, 0.15) is 5.75 Å². The van der Waals surface area contributed by atoms with E-state index in [4.69, 9.17) is 4.74 Å². The smallest absolute Gasteiger partial charge is 0.234 e. The number of aliphatic hydroxyl groups excluding tert-OH is 1. The second-order valence-electron chi connectivity index (χ2n) is 6.19. The van der Waals surface area contributed by atoms with Crippen molar-refractivity contribution in [1.29, 1.82) is 0 Å². The van der Waals surface area contributed by atoms with E-state index >= 15 is 0 Å². The molecule has 21 heavy (non-hydrogen) atoms. The summed E-state index contributed by atoms with van der Waals surface area (Å²) in [5, 5.41) is 16.0. The van der Waals surface area contributed by atoms with E-state index in [-0.39, 0.29) is 24.5 Å². The third-order valence-corrected chi connectivity index (χ3v) is 2.88. The maximum Gasteiger partial charge on any atom is 0.234 e. The number of methoxy groups -OCH3 is 1. The molecule has 0 heterocycles. The summed E-state index contributed by atoms with van der Waals surface area (Å²) in [6, 6.07) is 5.65. The summed E-state index contributed by atoms with van der Waals surface area (Å²) < 4.78 is 5.25. The lowest BCUT2D eigenvalue weighted by Crippen LogP contribution is -2.45. The predicted molar refractivity (Wildman–Crippen MR) is 83.5 cm³/mol. The number of rotatable bonds is 6. The monoisotopic (exact) mass is 294 g/mol. The third kappa shape index (κ3) is 6.14. The molecule has 0 aromatic heterocycles. The molecule has 0 saturated heterocycles. The van der Waals surface area contributed by atoms with E-state index < -0.39 is 6.10 Å². The van der Waals surface area contributed by atoms with Crippen LogP contribution in [0.5, 0.6) is 5.75 Å². The molecule has 1 unspecified atom stereocenters. The molecule has 0 bridgehead atoms. The summed E-state index contributed by atoms with van der Waals surface area (Å²) in [7, 11) is 1.57. The van der Waals surface area contributed by atoms with Crippen LogP contribution in [-0.4, -0.2) is 36.8 Å². The van der Waals surface area contributed by atoms with Crippen LogP contribution < -0.4 is 15.4 Å². The van der Waals surface area contributed by atoms with Crippen molar-refractivity contribution in [3.05, 3.63) is 29.3 Å². The van der Waals surface area contributed by atoms with Gasteiger partial charge in [0.05, 0.1) is 19.8 Å². The van der Waals surface area contributed by atoms with Gasteiger partial charge in [0.2, 0.25) is 5.91 Å². The molecule has 1 rings (SSSR count). The van der Waals surface area contributed by atoms with Crippen molar-refractivity contribution >= 4 is 5.91 Å². The van der Waals surface area contributed by atoms with E-state index in [0.29, 0.717) is 5.75 Å². The van der Waals surface area contributed by atoms with Gasteiger partial charge in [-0.2, -0.15) is 0 Å². The van der Waals surface area contributed by atoms with Crippen LogP contribution in [0, 0.1) is 6.92 Å². The van der Waals surface area contributed by atoms with Gasteiger partial charge in [-0.3, -0.25) is 4.79 Å². The molecule has 3 N–H and O–H groups in total. The molecule has 0 fully saturated rings. The highest BCUT2D eigenvalue weighted by molar-refractivity contribution is 5.78. The van der Waals surface area contributed by atoms with Gasteiger partial charge in [-0.05, 0) is 39.8 Å². The molecule has 0 aliphatic rings. The molecule has 5 nitrogen and oxygen atoms in total. The normalized spacial score (nSPS) is 12.9. The average Bonchev–Trinajstić information content (AvgIpc) is 2.36. The zero-order valence-corrected chi connectivity index (χ0v) is 13.5. The van der Waals surface area contributed by atoms with Crippen LogP contribution in [0.2, 0.25) is 0 Å². The van der Waals surface area contributed by atoms with E-state index in [9.17, 15) is 9.90 Å². The molecule has 1 aromatic carbocycles. The van der Waals surface area contributed by atoms with Crippen molar-refractivity contribution in [1.82, 2.24) is 10.6 Å². The fraction of sp³-hybridized carbons (Fsp3) is 0.562. The number of benzene rings is 1. The third-order valence-electron chi connectivity index (χ3n) is 2.88. The van der Waals surface area contributed by atoms with Crippen LogP contribution in [-0.2, 0) is 4.79 Å². The molecule has 0 saturated carbocycles. The van der Waals surface area contributed by atoms with Crippen LogP contribution in [0.1, 0.15) is 38.0 Å². The van der Waals surface area contributed by atoms with Crippen molar-refractivity contribution in [3.8, 4) is 5.75 Å². The van der Waals surface area contributed by atoms with Gasteiger partial charge >= 0.3 is 0 Å². The molecule has 0 radical (unpaired) electrons. The number of ether oxygens (including phenoxy) is 1. The van der Waals surface area contributed by atoms with Crippen molar-refractivity contribution in [2.45, 2.75) is 39.3 Å². The lowest BCUT2D eigenvalue weighted by atomic mass is 10.1. The zero-order chi connectivity index (χ0) is 16.0. The Kier molecular flexibility index (Phi) is 6.18. The summed E-state index contributed by atoms with van der Waals surface area (Å²) in [4.78, 5) is 11.7. The maximum absolute atomic E-state index is 11.7. The maximum atomic E-state index is 11.7. The SMILES string of the molecule is COc1ccc(C)cc1C(O)CNCC(=O)NC(C)(C)C. The van der Waals surface area contributed by atoms with Crippen LogP contribution >= 0.6 is 0 Å². The Hall–Kier alpha value is -1.59. The molecule has 5 heteroatoms. The lowest BCUT2D eigenvalue weighted by Gasteiger charge is -2.21. The number of aryl methyl sites for hydroxylation is 1. The molecular formula is C16H26N2O3. The van der Waals surface area contributed by atoms with Gasteiger partial charge in [-0.25, -0.2) is 0 Å². The van der Waals surface area contributed by atoms with Crippen LogP contribution in [0.15, 0.2) is 18.2 Å². The van der Waals surface area contributed by atoms with E-state index in [1.54, 1.807) is 7.11 Å². The second-order valence-corrected chi connectivity index (χ2v) is 6.19. The number of hydrogen-bond donors (Lipinski definition) is 3. The Morgan fingerprint density at radius 1 is 1.38 bits per heavy atom. The van der Waals surface area contributed by atoms with E-state index in [0.717, 1.165) is 11.1 Å². The van der Waals surface area contributed by atoms with E-state index in [2.05, 4.69) is 10.6 Å². The summed E-state index contributed by atoms with van der Waals surface area (Å²) >= 11 is 0. The Morgan fingerprint density at radius 3 is 2.62 bits per heavy atom. The summed E-state index contributed by atoms with van der Waals surface area (Å²) in [5.74, 6) is 0.556. The van der Waals surface area contributed by atoms with Crippen LogP contribution in [0.3, 0.4) is 0 Å². The minimum absolute atomic E-state index is 0.0918. The number of nitrogens with one attached hydrogen (secondary N) is 2. The van der Waals surface area contributed by atoms with Crippen molar-refractivity contribution < 1.29 is 14.6 Å². The molecule has 1 atom stereocenters. The minimum Gasteiger partial charge on any atom is -0.496 e. The fourth-order valence-corrected chi connectivity index (χ4v) is 2.01. The number of carbonyl (C=O) groups is 1. The Morgan fingerprint density at radius 2 is 2.05 bits per heavy atom. The first-order valence-electron chi connectivity index (χ1n) is 7.07. The molecule has 0 spiro atoms. The summed E-state index contributed by atoms with van der Waals surface area (Å²) in [6.45, 7) is 8.20. The Bertz CT molecular complexity index is 481. The molecule has 1 amide bonds. The lowest BCUT2D eigenvalue weighted by molar-refractivity contribution is -0.121. The summed E-state index contributed by atoms with van der Waals surface area (Å²) in [5.41, 5.74) is 1.52. The van der Waals surface area contributed by atoms with Crippen molar-refractivity contribution in [3.63, 3.8) is 0 Å². The van der Waals surface area contributed by atoms with Gasteiger partial charge in [0.15, 0.2) is 0 Å². The Balaban J connectivity index is 2.53. The van der Waals surface area contributed by atoms with Gasteiger partial charge in [0.25, 0.3) is 0 Å². The summed E-state index contributed by atoms with van der Waals surface area (Å²) in [6.07, 6.45) is -0.720. The number of carbonyl (C=O) groups excluding carboxylic acids is 1. The predicted octanol–water partition coefficient (Wildman–Crippen LogP) is 1.54. The molecule has 0 aliphatic heterocycles. The molecule has 118 valence electrons. The average molecular weight is 294 g/mol. The quantitative estimate of drug-likeness (QED) is 0.744. The topological polar surface area (TPSA) is 70.6 Å².